The van der Waals surface area contributed by atoms with Gasteiger partial charge in [0, 0.05) is 6.20 Å². The molecular formula is C9H7N3O2. The highest BCUT2D eigenvalue weighted by atomic mass is 16.4. The molecule has 0 radical (unpaired) electrons. The number of hydrogen-bond acceptors (Lipinski definition) is 3. The number of carboxylic acid groups (broad SMARTS) is 1. The molecule has 5 nitrogen and oxygen atoms in total. The van der Waals surface area contributed by atoms with Crippen molar-refractivity contribution in [3.63, 3.8) is 0 Å². The van der Waals surface area contributed by atoms with Gasteiger partial charge in [-0.25, -0.2) is 9.78 Å². The Kier molecular flexibility index (Phi) is 1.98. The number of fused-ring (bicyclic) bond motifs is 1. The fourth-order valence-corrected chi connectivity index (χ4v) is 1.14. The second-order valence-corrected chi connectivity index (χ2v) is 2.67. The molecule has 0 saturated carbocycles. The van der Waals surface area contributed by atoms with Gasteiger partial charge in [0.15, 0.2) is 0 Å². The number of pyridine rings is 2. The Morgan fingerprint density at radius 2 is 2.14 bits per heavy atom. The van der Waals surface area contributed by atoms with E-state index >= 15 is 0 Å². The molecule has 14 heavy (non-hydrogen) atoms. The normalized spacial score (nSPS) is 10.0. The maximum atomic E-state index is 10.3. The highest BCUT2D eigenvalue weighted by Gasteiger charge is 2.00. The molecule has 0 aliphatic rings. The lowest BCUT2D eigenvalue weighted by molar-refractivity contribution is 0.209. The molecule has 0 atom stereocenters. The van der Waals surface area contributed by atoms with E-state index in [0.717, 1.165) is 5.52 Å². The Bertz CT molecular complexity index is 484. The minimum atomic E-state index is -1.12. The molecule has 0 saturated heterocycles. The summed E-state index contributed by atoms with van der Waals surface area (Å²) in [6.07, 6.45) is 0.537. The van der Waals surface area contributed by atoms with E-state index in [1.807, 2.05) is 0 Å². The van der Waals surface area contributed by atoms with E-state index in [1.54, 1.807) is 30.5 Å². The minimum absolute atomic E-state index is 0.304. The topological polar surface area (TPSA) is 75.1 Å². The first-order valence-corrected chi connectivity index (χ1v) is 3.97. The zero-order chi connectivity index (χ0) is 9.97. The van der Waals surface area contributed by atoms with E-state index in [2.05, 4.69) is 15.3 Å². The van der Waals surface area contributed by atoms with Crippen molar-refractivity contribution in [2.24, 2.45) is 0 Å². The number of hydrogen-bond donors (Lipinski definition) is 2. The van der Waals surface area contributed by atoms with Crippen LogP contribution in [-0.2, 0) is 0 Å². The first kappa shape index (κ1) is 8.43. The predicted octanol–water partition coefficient (Wildman–Crippen LogP) is 1.72. The van der Waals surface area contributed by atoms with Crippen LogP contribution in [0.2, 0.25) is 0 Å². The lowest BCUT2D eigenvalue weighted by Gasteiger charge is -2.00. The summed E-state index contributed by atoms with van der Waals surface area (Å²) < 4.78 is 0. The summed E-state index contributed by atoms with van der Waals surface area (Å²) in [5.74, 6) is 0.304. The molecule has 0 unspecified atom stereocenters. The number of aromatic nitrogens is 2. The van der Waals surface area contributed by atoms with Gasteiger partial charge in [0.1, 0.15) is 5.82 Å². The minimum Gasteiger partial charge on any atom is -0.465 e. The zero-order valence-corrected chi connectivity index (χ0v) is 7.14. The third kappa shape index (κ3) is 1.61. The molecular weight excluding hydrogens is 182 g/mol. The van der Waals surface area contributed by atoms with Crippen molar-refractivity contribution in [3.8, 4) is 0 Å². The molecule has 0 aliphatic heterocycles. The van der Waals surface area contributed by atoms with Crippen molar-refractivity contribution in [3.05, 3.63) is 30.5 Å². The number of nitrogens with zero attached hydrogens (tertiary/aromatic N) is 2. The number of rotatable bonds is 1. The number of carbonyl (C=O) groups is 1. The third-order valence-corrected chi connectivity index (χ3v) is 1.69. The Balaban J connectivity index is 2.46. The maximum absolute atomic E-state index is 10.3. The van der Waals surface area contributed by atoms with Crippen molar-refractivity contribution in [1.82, 2.24) is 9.97 Å². The summed E-state index contributed by atoms with van der Waals surface area (Å²) in [6.45, 7) is 0. The summed E-state index contributed by atoms with van der Waals surface area (Å²) in [7, 11) is 0. The molecule has 0 spiro atoms. The van der Waals surface area contributed by atoms with Crippen molar-refractivity contribution in [2.75, 3.05) is 5.32 Å². The average Bonchev–Trinajstić information content (AvgIpc) is 2.17. The summed E-state index contributed by atoms with van der Waals surface area (Å²) in [4.78, 5) is 18.5. The molecule has 2 N–H and O–H groups in total. The van der Waals surface area contributed by atoms with Crippen LogP contribution in [0.5, 0.6) is 0 Å². The van der Waals surface area contributed by atoms with Gasteiger partial charge in [-0.05, 0) is 24.3 Å². The van der Waals surface area contributed by atoms with Crippen LogP contribution in [0.15, 0.2) is 30.5 Å². The van der Waals surface area contributed by atoms with Crippen molar-refractivity contribution in [2.45, 2.75) is 0 Å². The monoisotopic (exact) mass is 189 g/mol. The van der Waals surface area contributed by atoms with Gasteiger partial charge in [-0.2, -0.15) is 0 Å². The highest BCUT2D eigenvalue weighted by molar-refractivity contribution is 5.84. The average molecular weight is 189 g/mol. The summed E-state index contributed by atoms with van der Waals surface area (Å²) >= 11 is 0. The Labute approximate surface area is 79.4 Å². The quantitative estimate of drug-likeness (QED) is 0.716. The number of nitrogens with one attached hydrogen (secondary N) is 1. The third-order valence-electron chi connectivity index (χ3n) is 1.69. The maximum Gasteiger partial charge on any atom is 0.410 e. The zero-order valence-electron chi connectivity index (χ0n) is 7.14. The van der Waals surface area contributed by atoms with Crippen LogP contribution in [0, 0.1) is 0 Å². The van der Waals surface area contributed by atoms with Gasteiger partial charge >= 0.3 is 6.09 Å². The molecule has 0 aliphatic carbocycles. The molecule has 5 heteroatoms. The molecule has 70 valence electrons. The van der Waals surface area contributed by atoms with E-state index in [1.165, 1.54) is 0 Å². The Morgan fingerprint density at radius 1 is 1.29 bits per heavy atom. The van der Waals surface area contributed by atoms with Crippen LogP contribution in [0.3, 0.4) is 0 Å². The largest absolute Gasteiger partial charge is 0.465 e. The van der Waals surface area contributed by atoms with Crippen LogP contribution in [0.25, 0.3) is 11.0 Å². The SMILES string of the molecule is O=C(O)Nc1ccc2ncccc2n1. The van der Waals surface area contributed by atoms with Gasteiger partial charge in [0.05, 0.1) is 11.0 Å². The fourth-order valence-electron chi connectivity index (χ4n) is 1.14. The second-order valence-electron chi connectivity index (χ2n) is 2.67. The molecule has 0 bridgehead atoms. The lowest BCUT2D eigenvalue weighted by atomic mass is 10.3. The van der Waals surface area contributed by atoms with E-state index < -0.39 is 6.09 Å². The molecule has 2 rings (SSSR count). The smallest absolute Gasteiger partial charge is 0.410 e. The standard InChI is InChI=1S/C9H7N3O2/c13-9(14)12-8-4-3-6-7(11-8)2-1-5-10-6/h1-5H,(H,11,12)(H,13,14). The second kappa shape index (κ2) is 3.29. The summed E-state index contributed by atoms with van der Waals surface area (Å²) in [5.41, 5.74) is 1.40. The van der Waals surface area contributed by atoms with E-state index in [4.69, 9.17) is 5.11 Å². The first-order chi connectivity index (χ1) is 6.75. The van der Waals surface area contributed by atoms with Crippen molar-refractivity contribution >= 4 is 22.9 Å². The van der Waals surface area contributed by atoms with Gasteiger partial charge in [0.2, 0.25) is 0 Å². The van der Waals surface area contributed by atoms with Crippen molar-refractivity contribution < 1.29 is 9.90 Å². The summed E-state index contributed by atoms with van der Waals surface area (Å²) in [6, 6.07) is 6.81. The molecule has 0 aromatic carbocycles. The van der Waals surface area contributed by atoms with E-state index in [9.17, 15) is 4.79 Å². The molecule has 2 aromatic heterocycles. The Morgan fingerprint density at radius 3 is 2.93 bits per heavy atom. The lowest BCUT2D eigenvalue weighted by Crippen LogP contribution is -2.08. The van der Waals surface area contributed by atoms with Gasteiger partial charge in [-0.1, -0.05) is 0 Å². The highest BCUT2D eigenvalue weighted by Crippen LogP contribution is 2.11. The van der Waals surface area contributed by atoms with Gasteiger partial charge in [0.25, 0.3) is 0 Å². The van der Waals surface area contributed by atoms with Crippen molar-refractivity contribution in [1.29, 1.82) is 0 Å². The molecule has 1 amide bonds. The van der Waals surface area contributed by atoms with Crippen LogP contribution in [0.4, 0.5) is 10.6 Å². The molecule has 0 fully saturated rings. The number of amides is 1. The van der Waals surface area contributed by atoms with Crippen LogP contribution >= 0.6 is 0 Å². The van der Waals surface area contributed by atoms with Gasteiger partial charge in [-0.15, -0.1) is 0 Å². The van der Waals surface area contributed by atoms with Crippen LogP contribution in [0.1, 0.15) is 0 Å². The summed E-state index contributed by atoms with van der Waals surface area (Å²) in [5, 5.41) is 10.6. The molecule has 2 heterocycles. The number of anilines is 1. The first-order valence-electron chi connectivity index (χ1n) is 3.97. The van der Waals surface area contributed by atoms with E-state index in [-0.39, 0.29) is 0 Å². The Hall–Kier alpha value is -2.17. The van der Waals surface area contributed by atoms with Crippen LogP contribution < -0.4 is 5.32 Å². The van der Waals surface area contributed by atoms with Gasteiger partial charge in [-0.3, -0.25) is 10.3 Å². The molecule has 2 aromatic rings. The predicted molar refractivity (Wildman–Crippen MR) is 51.2 cm³/mol. The van der Waals surface area contributed by atoms with Gasteiger partial charge < -0.3 is 5.11 Å². The fraction of sp³-hybridized carbons (Fsp3) is 0. The van der Waals surface area contributed by atoms with E-state index in [0.29, 0.717) is 11.3 Å². The van der Waals surface area contributed by atoms with Crippen LogP contribution in [-0.4, -0.2) is 21.2 Å².